The van der Waals surface area contributed by atoms with E-state index in [0.717, 1.165) is 19.4 Å². The molecule has 3 aliphatic heterocycles. The maximum Gasteiger partial charge on any atom is 0.319 e. The number of fused-ring (bicyclic) bond motifs is 2. The molecule has 0 aliphatic carbocycles. The van der Waals surface area contributed by atoms with Crippen molar-refractivity contribution >= 4 is 33.6 Å². The summed E-state index contributed by atoms with van der Waals surface area (Å²) in [5, 5.41) is 11.7. The molecule has 2 fully saturated rings. The summed E-state index contributed by atoms with van der Waals surface area (Å²) in [7, 11) is 0. The quantitative estimate of drug-likeness (QED) is 0.270. The van der Waals surface area contributed by atoms with Crippen LogP contribution in [0.4, 0.5) is 19.0 Å². The highest BCUT2D eigenvalue weighted by atomic mass is 19.1. The van der Waals surface area contributed by atoms with Crippen molar-refractivity contribution in [1.82, 2.24) is 19.9 Å². The highest BCUT2D eigenvalue weighted by Gasteiger charge is 2.49. The number of phenolic OH excluding ortho intramolecular Hbond substituents is 1. The predicted molar refractivity (Wildman–Crippen MR) is 163 cm³/mol. The van der Waals surface area contributed by atoms with Crippen molar-refractivity contribution in [3.05, 3.63) is 48.0 Å². The number of alkyl halides is 1. The van der Waals surface area contributed by atoms with Gasteiger partial charge in [0.2, 0.25) is 5.88 Å². The first-order valence-corrected chi connectivity index (χ1v) is 15.0. The maximum absolute atomic E-state index is 16.9. The lowest BCUT2D eigenvalue weighted by Gasteiger charge is -2.33. The molecule has 2 aromatic heterocycles. The van der Waals surface area contributed by atoms with E-state index in [-0.39, 0.29) is 65.3 Å². The van der Waals surface area contributed by atoms with Gasteiger partial charge < -0.3 is 19.5 Å². The van der Waals surface area contributed by atoms with E-state index in [4.69, 9.17) is 14.5 Å². The minimum atomic E-state index is -0.924. The number of benzene rings is 2. The van der Waals surface area contributed by atoms with Crippen LogP contribution in [0, 0.1) is 11.6 Å². The third kappa shape index (κ3) is 4.43. The average molecular weight is 606 g/mol. The van der Waals surface area contributed by atoms with Gasteiger partial charge in [0.15, 0.2) is 5.82 Å². The fraction of sp³-hybridized carbons (Fsp3) is 0.424. The van der Waals surface area contributed by atoms with E-state index < -0.39 is 23.3 Å². The van der Waals surface area contributed by atoms with Crippen LogP contribution in [-0.2, 0) is 0 Å². The fourth-order valence-corrected chi connectivity index (χ4v) is 7.37. The summed E-state index contributed by atoms with van der Waals surface area (Å²) in [5.74, 6) is -0.933. The third-order valence-corrected chi connectivity index (χ3v) is 9.23. The number of aromatic hydroxyl groups is 1. The molecule has 7 rings (SSSR count). The Kier molecular flexibility index (Phi) is 6.84. The zero-order valence-corrected chi connectivity index (χ0v) is 24.9. The second-order valence-electron chi connectivity index (χ2n) is 12.4. The minimum absolute atomic E-state index is 0.0311. The molecular formula is C33H34F3N5O3. The number of halogens is 3. The second kappa shape index (κ2) is 10.5. The topological polar surface area (TPSA) is 83.8 Å². The fourth-order valence-electron chi connectivity index (χ4n) is 7.37. The summed E-state index contributed by atoms with van der Waals surface area (Å²) in [5.41, 5.74) is -0.373. The van der Waals surface area contributed by atoms with Crippen LogP contribution in [0.15, 0.2) is 30.8 Å². The van der Waals surface area contributed by atoms with Crippen LogP contribution in [0.2, 0.25) is 0 Å². The smallest absolute Gasteiger partial charge is 0.319 e. The van der Waals surface area contributed by atoms with Crippen molar-refractivity contribution < 1.29 is 27.8 Å². The van der Waals surface area contributed by atoms with Gasteiger partial charge >= 0.3 is 6.01 Å². The van der Waals surface area contributed by atoms with Gasteiger partial charge in [-0.15, -0.1) is 0 Å². The molecule has 3 aliphatic rings. The zero-order valence-electron chi connectivity index (χ0n) is 24.9. The van der Waals surface area contributed by atoms with Crippen molar-refractivity contribution in [2.45, 2.75) is 63.8 Å². The van der Waals surface area contributed by atoms with Gasteiger partial charge in [0.05, 0.1) is 11.6 Å². The van der Waals surface area contributed by atoms with Gasteiger partial charge in [-0.05, 0) is 63.7 Å². The molecule has 0 unspecified atom stereocenters. The molecule has 8 nitrogen and oxygen atoms in total. The standard InChI is InChI=1S/C33H34F3N5O3/c1-5-22-24(35)8-7-19-11-21(42)12-23(25(19)22)28-27(36)29-26-30(41(17(2)3)18(4)15-43-31(26)37-28)39-32(38-29)44-16-33-9-6-10-40(33)14-20(34)13-33/h5,7-8,11-12,17-18,20,42H,1,6,9-10,13-16H2,2-4H3/t18-,20+,33-/m0/s1. The Hall–Kier alpha value is -4.12. The van der Waals surface area contributed by atoms with Gasteiger partial charge in [0.1, 0.15) is 53.4 Å². The molecule has 2 aromatic carbocycles. The number of aromatic nitrogens is 3. The summed E-state index contributed by atoms with van der Waals surface area (Å²) in [4.78, 5) is 18.1. The molecular weight excluding hydrogens is 571 g/mol. The molecule has 0 amide bonds. The highest BCUT2D eigenvalue weighted by Crippen LogP contribution is 2.45. The van der Waals surface area contributed by atoms with Crippen molar-refractivity contribution in [3.63, 3.8) is 0 Å². The zero-order chi connectivity index (χ0) is 30.9. The molecule has 1 N–H and O–H groups in total. The number of phenols is 1. The molecule has 0 bridgehead atoms. The SMILES string of the molecule is C=Cc1c(F)ccc2cc(O)cc(-c3nc4c5c(nc(OC[C@@]67CCCN6C[C@H](F)C7)nc5c3F)N(C(C)C)[C@@H](C)CO4)c12. The first kappa shape index (κ1) is 28.6. The summed E-state index contributed by atoms with van der Waals surface area (Å²) >= 11 is 0. The first-order valence-electron chi connectivity index (χ1n) is 15.0. The molecule has 3 atom stereocenters. The number of hydrogen-bond donors (Lipinski definition) is 1. The molecule has 0 spiro atoms. The van der Waals surface area contributed by atoms with Crippen molar-refractivity contribution in [2.24, 2.45) is 0 Å². The summed E-state index contributed by atoms with van der Waals surface area (Å²) in [6.07, 6.45) is 2.56. The van der Waals surface area contributed by atoms with E-state index in [0.29, 0.717) is 34.9 Å². The van der Waals surface area contributed by atoms with E-state index in [1.54, 1.807) is 0 Å². The highest BCUT2D eigenvalue weighted by molar-refractivity contribution is 6.05. The van der Waals surface area contributed by atoms with Crippen LogP contribution in [0.5, 0.6) is 17.6 Å². The van der Waals surface area contributed by atoms with Gasteiger partial charge in [-0.1, -0.05) is 18.7 Å². The molecule has 2 saturated heterocycles. The Labute approximate surface area is 253 Å². The predicted octanol–water partition coefficient (Wildman–Crippen LogP) is 6.42. The molecule has 0 saturated carbocycles. The van der Waals surface area contributed by atoms with Crippen molar-refractivity contribution in [1.29, 1.82) is 0 Å². The van der Waals surface area contributed by atoms with Crippen LogP contribution in [-0.4, -0.2) is 75.1 Å². The van der Waals surface area contributed by atoms with Gasteiger partial charge in [0.25, 0.3) is 0 Å². The molecule has 230 valence electrons. The van der Waals surface area contributed by atoms with Crippen LogP contribution in [0.1, 0.15) is 45.6 Å². The molecule has 0 radical (unpaired) electrons. The summed E-state index contributed by atoms with van der Waals surface area (Å²) in [6, 6.07) is 5.38. The molecule has 4 aromatic rings. The lowest BCUT2D eigenvalue weighted by molar-refractivity contribution is 0.107. The number of pyridine rings is 1. The monoisotopic (exact) mass is 605 g/mol. The number of anilines is 1. The number of nitrogens with zero attached hydrogens (tertiary/aromatic N) is 5. The van der Waals surface area contributed by atoms with Crippen LogP contribution in [0.3, 0.4) is 0 Å². The van der Waals surface area contributed by atoms with E-state index in [9.17, 15) is 13.9 Å². The summed E-state index contributed by atoms with van der Waals surface area (Å²) in [6.45, 7) is 11.3. The second-order valence-corrected chi connectivity index (χ2v) is 12.4. The third-order valence-electron chi connectivity index (χ3n) is 9.23. The minimum Gasteiger partial charge on any atom is -0.508 e. The average Bonchev–Trinajstić information content (AvgIpc) is 3.46. The van der Waals surface area contributed by atoms with E-state index in [1.165, 1.54) is 30.3 Å². The molecule has 44 heavy (non-hydrogen) atoms. The Morgan fingerprint density at radius 2 is 2.02 bits per heavy atom. The number of ether oxygens (including phenoxy) is 2. The van der Waals surface area contributed by atoms with Gasteiger partial charge in [-0.25, -0.2) is 18.2 Å². The largest absolute Gasteiger partial charge is 0.508 e. The Bertz CT molecular complexity index is 1820. The van der Waals surface area contributed by atoms with E-state index >= 15 is 4.39 Å². The van der Waals surface area contributed by atoms with E-state index in [2.05, 4.69) is 21.4 Å². The van der Waals surface area contributed by atoms with Crippen LogP contribution in [0.25, 0.3) is 39.0 Å². The van der Waals surface area contributed by atoms with Crippen molar-refractivity contribution in [3.8, 4) is 28.9 Å². The molecule has 11 heteroatoms. The Morgan fingerprint density at radius 1 is 1.20 bits per heavy atom. The van der Waals surface area contributed by atoms with Crippen molar-refractivity contribution in [2.75, 3.05) is 31.2 Å². The number of rotatable bonds is 6. The normalized spacial score (nSPS) is 23.3. The summed E-state index contributed by atoms with van der Waals surface area (Å²) < 4.78 is 58.6. The van der Waals surface area contributed by atoms with E-state index in [1.807, 2.05) is 25.7 Å². The van der Waals surface area contributed by atoms with Crippen LogP contribution >= 0.6 is 0 Å². The van der Waals surface area contributed by atoms with Gasteiger partial charge in [0, 0.05) is 35.5 Å². The Balaban J connectivity index is 1.45. The van der Waals surface area contributed by atoms with Crippen LogP contribution < -0.4 is 14.4 Å². The lowest BCUT2D eigenvalue weighted by atomic mass is 9.95. The first-order chi connectivity index (χ1) is 21.1. The van der Waals surface area contributed by atoms with Gasteiger partial charge in [-0.3, -0.25) is 4.90 Å². The Morgan fingerprint density at radius 3 is 2.80 bits per heavy atom. The number of hydrogen-bond acceptors (Lipinski definition) is 8. The maximum atomic E-state index is 16.9. The lowest BCUT2D eigenvalue weighted by Crippen LogP contribution is -2.44. The molecule has 5 heterocycles. The van der Waals surface area contributed by atoms with Gasteiger partial charge in [-0.2, -0.15) is 9.97 Å².